The molecule has 0 radical (unpaired) electrons. The molecule has 3 heteroatoms. The normalized spacial score (nSPS) is 25.3. The van der Waals surface area contributed by atoms with Crippen LogP contribution >= 0.6 is 0 Å². The summed E-state index contributed by atoms with van der Waals surface area (Å²) in [6.07, 6.45) is 18.8. The van der Waals surface area contributed by atoms with Crippen LogP contribution in [-0.2, 0) is 0 Å². The molecule has 0 heterocycles. The van der Waals surface area contributed by atoms with E-state index in [1.54, 1.807) is 6.07 Å². The predicted molar refractivity (Wildman–Crippen MR) is 133 cm³/mol. The van der Waals surface area contributed by atoms with Crippen molar-refractivity contribution in [3.63, 3.8) is 0 Å². The summed E-state index contributed by atoms with van der Waals surface area (Å²) in [5.41, 5.74) is 0.150. The highest BCUT2D eigenvalue weighted by Crippen LogP contribution is 2.42. The van der Waals surface area contributed by atoms with Crippen LogP contribution in [0.4, 0.5) is 8.78 Å². The lowest BCUT2D eigenvalue weighted by molar-refractivity contribution is 0.153. The highest BCUT2D eigenvalue weighted by atomic mass is 19.2. The minimum Gasteiger partial charge on any atom is -0.490 e. The second kappa shape index (κ2) is 14.0. The zero-order chi connectivity index (χ0) is 23.5. The third-order valence-corrected chi connectivity index (χ3v) is 8.01. The van der Waals surface area contributed by atoms with Crippen molar-refractivity contribution in [2.45, 2.75) is 110 Å². The molecule has 2 saturated carbocycles. The molecule has 1 aromatic carbocycles. The second-order valence-corrected chi connectivity index (χ2v) is 10.5. The minimum atomic E-state index is -0.910. The first-order valence-electron chi connectivity index (χ1n) is 13.7. The van der Waals surface area contributed by atoms with Crippen LogP contribution < -0.4 is 4.74 Å². The van der Waals surface area contributed by atoms with E-state index in [0.29, 0.717) is 12.5 Å². The average molecular weight is 459 g/mol. The molecule has 0 atom stereocenters. The Bertz CT molecular complexity index is 761. The van der Waals surface area contributed by atoms with Crippen molar-refractivity contribution in [1.29, 1.82) is 0 Å². The first kappa shape index (κ1) is 26.1. The summed E-state index contributed by atoms with van der Waals surface area (Å²) in [4.78, 5) is 0. The Labute approximate surface area is 201 Å². The topological polar surface area (TPSA) is 9.23 Å². The first-order valence-corrected chi connectivity index (χ1v) is 13.7. The van der Waals surface area contributed by atoms with Crippen LogP contribution in [0.15, 0.2) is 12.1 Å². The van der Waals surface area contributed by atoms with Gasteiger partial charge >= 0.3 is 0 Å². The molecule has 0 aliphatic heterocycles. The van der Waals surface area contributed by atoms with Gasteiger partial charge < -0.3 is 4.74 Å². The molecule has 33 heavy (non-hydrogen) atoms. The SMILES string of the molecule is CCCCCOc1ccc(C#CC2CCC([C@H]3CC[C@H](CCCCC)CC3)CC2)c(F)c1F. The fraction of sp³-hybridized carbons (Fsp3) is 0.733. The zero-order valence-corrected chi connectivity index (χ0v) is 20.9. The summed E-state index contributed by atoms with van der Waals surface area (Å²) in [6, 6.07) is 3.08. The molecular weight excluding hydrogens is 414 g/mol. The second-order valence-electron chi connectivity index (χ2n) is 10.5. The van der Waals surface area contributed by atoms with E-state index in [-0.39, 0.29) is 11.3 Å². The van der Waals surface area contributed by atoms with Crippen molar-refractivity contribution in [2.24, 2.45) is 23.7 Å². The molecule has 0 spiro atoms. The minimum absolute atomic E-state index is 0.00486. The standard InChI is InChI=1S/C30H44F2O/c1-3-5-7-9-23-10-15-25(16-11-23)26-17-12-24(13-18-26)14-19-27-20-21-28(30(32)29(27)31)33-22-8-6-4-2/h20-21,23-26H,3-13,15-18,22H2,1-2H3/t23-,24?,25-,26?. The van der Waals surface area contributed by atoms with Crippen LogP contribution in [0.3, 0.4) is 0 Å². The van der Waals surface area contributed by atoms with Gasteiger partial charge in [0.1, 0.15) is 0 Å². The number of halogens is 2. The van der Waals surface area contributed by atoms with Gasteiger partial charge in [0.05, 0.1) is 12.2 Å². The van der Waals surface area contributed by atoms with Crippen LogP contribution in [0.2, 0.25) is 0 Å². The van der Waals surface area contributed by atoms with Gasteiger partial charge in [0.2, 0.25) is 5.82 Å². The smallest absolute Gasteiger partial charge is 0.201 e. The van der Waals surface area contributed by atoms with Gasteiger partial charge in [-0.25, -0.2) is 4.39 Å². The lowest BCUT2D eigenvalue weighted by Gasteiger charge is -2.37. The van der Waals surface area contributed by atoms with Crippen molar-refractivity contribution in [3.05, 3.63) is 29.3 Å². The van der Waals surface area contributed by atoms with Crippen LogP contribution in [0.1, 0.15) is 116 Å². The molecule has 2 aliphatic rings. The third kappa shape index (κ3) is 8.01. The summed E-state index contributed by atoms with van der Waals surface area (Å²) < 4.78 is 34.2. The maximum atomic E-state index is 14.5. The van der Waals surface area contributed by atoms with Gasteiger partial charge in [-0.1, -0.05) is 77.1 Å². The molecule has 2 aliphatic carbocycles. The lowest BCUT2D eigenvalue weighted by atomic mass is 9.69. The summed E-state index contributed by atoms with van der Waals surface area (Å²) in [5.74, 6) is 7.41. The first-order chi connectivity index (χ1) is 16.1. The van der Waals surface area contributed by atoms with Gasteiger partial charge in [-0.05, 0) is 74.8 Å². The summed E-state index contributed by atoms with van der Waals surface area (Å²) in [7, 11) is 0. The molecule has 0 bridgehead atoms. The van der Waals surface area contributed by atoms with Crippen molar-refractivity contribution in [2.75, 3.05) is 6.61 Å². The summed E-state index contributed by atoms with van der Waals surface area (Å²) in [5, 5.41) is 0. The summed E-state index contributed by atoms with van der Waals surface area (Å²) >= 11 is 0. The van der Waals surface area contributed by atoms with Crippen LogP contribution in [0.25, 0.3) is 0 Å². The molecule has 0 aromatic heterocycles. The molecule has 3 rings (SSSR count). The zero-order valence-electron chi connectivity index (χ0n) is 20.9. The Hall–Kier alpha value is -1.56. The van der Waals surface area contributed by atoms with E-state index in [2.05, 4.69) is 25.7 Å². The van der Waals surface area contributed by atoms with Gasteiger partial charge in [0.15, 0.2) is 11.6 Å². The number of unbranched alkanes of at least 4 members (excludes halogenated alkanes) is 4. The maximum Gasteiger partial charge on any atom is 0.201 e. The van der Waals surface area contributed by atoms with Crippen molar-refractivity contribution in [1.82, 2.24) is 0 Å². The van der Waals surface area contributed by atoms with Gasteiger partial charge in [-0.2, -0.15) is 4.39 Å². The van der Waals surface area contributed by atoms with Gasteiger partial charge in [0, 0.05) is 5.92 Å². The summed E-state index contributed by atoms with van der Waals surface area (Å²) in [6.45, 7) is 4.80. The molecule has 0 N–H and O–H groups in total. The van der Waals surface area contributed by atoms with Crippen LogP contribution in [0, 0.1) is 47.1 Å². The average Bonchev–Trinajstić information content (AvgIpc) is 2.85. The fourth-order valence-corrected chi connectivity index (χ4v) is 5.82. The monoisotopic (exact) mass is 458 g/mol. The highest BCUT2D eigenvalue weighted by molar-refractivity contribution is 5.41. The van der Waals surface area contributed by atoms with E-state index in [9.17, 15) is 8.78 Å². The fourth-order valence-electron chi connectivity index (χ4n) is 5.82. The van der Waals surface area contributed by atoms with E-state index < -0.39 is 11.6 Å². The van der Waals surface area contributed by atoms with Crippen LogP contribution in [0.5, 0.6) is 5.75 Å². The number of hydrogen-bond acceptors (Lipinski definition) is 1. The molecule has 0 saturated heterocycles. The molecule has 0 amide bonds. The molecule has 1 nitrogen and oxygen atoms in total. The lowest BCUT2D eigenvalue weighted by Crippen LogP contribution is -2.25. The van der Waals surface area contributed by atoms with Crippen molar-refractivity contribution >= 4 is 0 Å². The number of benzene rings is 1. The molecule has 2 fully saturated rings. The van der Waals surface area contributed by atoms with E-state index >= 15 is 0 Å². The third-order valence-electron chi connectivity index (χ3n) is 8.01. The van der Waals surface area contributed by atoms with Crippen LogP contribution in [-0.4, -0.2) is 6.61 Å². The van der Waals surface area contributed by atoms with E-state index in [1.807, 2.05) is 0 Å². The van der Waals surface area contributed by atoms with E-state index in [0.717, 1.165) is 49.9 Å². The molecule has 1 aromatic rings. The Balaban J connectivity index is 1.43. The quantitative estimate of drug-likeness (QED) is 0.251. The molecular formula is C30H44F2O. The Morgan fingerprint density at radius 3 is 2.09 bits per heavy atom. The maximum absolute atomic E-state index is 14.5. The number of rotatable bonds is 10. The van der Waals surface area contributed by atoms with Crippen molar-refractivity contribution in [3.8, 4) is 17.6 Å². The van der Waals surface area contributed by atoms with Crippen molar-refractivity contribution < 1.29 is 13.5 Å². The predicted octanol–water partition coefficient (Wildman–Crippen LogP) is 9.08. The molecule has 184 valence electrons. The Morgan fingerprint density at radius 2 is 1.42 bits per heavy atom. The largest absolute Gasteiger partial charge is 0.490 e. The highest BCUT2D eigenvalue weighted by Gasteiger charge is 2.30. The Morgan fingerprint density at radius 1 is 0.788 bits per heavy atom. The molecule has 0 unspecified atom stereocenters. The van der Waals surface area contributed by atoms with Gasteiger partial charge in [-0.15, -0.1) is 0 Å². The number of hydrogen-bond donors (Lipinski definition) is 0. The van der Waals surface area contributed by atoms with Gasteiger partial charge in [-0.3, -0.25) is 0 Å². The number of ether oxygens (including phenoxy) is 1. The van der Waals surface area contributed by atoms with Gasteiger partial charge in [0.25, 0.3) is 0 Å². The Kier molecular flexibility index (Phi) is 11.0. The van der Waals surface area contributed by atoms with E-state index in [1.165, 1.54) is 70.3 Å². The van der Waals surface area contributed by atoms with E-state index in [4.69, 9.17) is 4.74 Å².